The number of piperidine rings is 1. The molecule has 5 nitrogen and oxygen atoms in total. The molecule has 0 N–H and O–H groups in total. The number of aliphatic imine (C=N–C) groups is 1. The summed E-state index contributed by atoms with van der Waals surface area (Å²) in [7, 11) is -3.47. The Morgan fingerprint density at radius 1 is 1.55 bits per heavy atom. The average Bonchev–Trinajstić information content (AvgIpc) is 2.70. The van der Waals surface area contributed by atoms with Crippen molar-refractivity contribution in [1.82, 2.24) is 4.31 Å². The summed E-state index contributed by atoms with van der Waals surface area (Å²) in [6, 6.07) is 1.40. The Balaban J connectivity index is 2.25. The summed E-state index contributed by atoms with van der Waals surface area (Å²) in [6.07, 6.45) is 2.67. The van der Waals surface area contributed by atoms with E-state index in [0.29, 0.717) is 23.6 Å². The number of hydrogen-bond donors (Lipinski definition) is 0. The minimum atomic E-state index is -3.47. The molecular formula is C12H15BrN2O3S2. The molecule has 1 aliphatic rings. The van der Waals surface area contributed by atoms with Gasteiger partial charge in [-0.15, -0.1) is 11.3 Å². The van der Waals surface area contributed by atoms with E-state index in [1.54, 1.807) is 12.1 Å². The molecule has 110 valence electrons. The maximum absolute atomic E-state index is 12.6. The highest BCUT2D eigenvalue weighted by molar-refractivity contribution is 9.11. The third-order valence-corrected chi connectivity index (χ3v) is 8.02. The second-order valence-electron chi connectivity index (χ2n) is 4.89. The van der Waals surface area contributed by atoms with Gasteiger partial charge in [-0.2, -0.15) is 4.31 Å². The van der Waals surface area contributed by atoms with Crippen molar-refractivity contribution >= 4 is 43.4 Å². The van der Waals surface area contributed by atoms with Crippen molar-refractivity contribution in [2.24, 2.45) is 4.99 Å². The average molecular weight is 379 g/mol. The van der Waals surface area contributed by atoms with Crippen LogP contribution in [-0.2, 0) is 14.8 Å². The summed E-state index contributed by atoms with van der Waals surface area (Å²) < 4.78 is 28.0. The molecule has 1 aromatic rings. The summed E-state index contributed by atoms with van der Waals surface area (Å²) in [6.45, 7) is 4.10. The van der Waals surface area contributed by atoms with Gasteiger partial charge >= 0.3 is 0 Å². The van der Waals surface area contributed by atoms with Gasteiger partial charge in [-0.3, -0.25) is 0 Å². The molecule has 2 atom stereocenters. The molecule has 20 heavy (non-hydrogen) atoms. The summed E-state index contributed by atoms with van der Waals surface area (Å²) >= 11 is 4.58. The minimum Gasteiger partial charge on any atom is -0.211 e. The molecule has 1 aliphatic heterocycles. The maximum Gasteiger partial charge on any atom is 0.252 e. The fraction of sp³-hybridized carbons (Fsp3) is 0.583. The molecule has 1 fully saturated rings. The molecule has 1 saturated heterocycles. The van der Waals surface area contributed by atoms with Gasteiger partial charge in [0, 0.05) is 12.6 Å². The molecule has 0 aromatic carbocycles. The van der Waals surface area contributed by atoms with E-state index >= 15 is 0 Å². The summed E-state index contributed by atoms with van der Waals surface area (Å²) in [5.41, 5.74) is 0.918. The number of aryl methyl sites for hydroxylation is 1. The van der Waals surface area contributed by atoms with Crippen LogP contribution in [0.15, 0.2) is 19.1 Å². The lowest BCUT2D eigenvalue weighted by molar-refractivity contribution is 0.248. The zero-order valence-electron chi connectivity index (χ0n) is 11.2. The van der Waals surface area contributed by atoms with E-state index in [2.05, 4.69) is 20.9 Å². The van der Waals surface area contributed by atoms with E-state index in [0.717, 1.165) is 9.35 Å². The molecule has 0 bridgehead atoms. The maximum atomic E-state index is 12.6. The normalized spacial score (nSPS) is 24.4. The molecule has 0 amide bonds. The van der Waals surface area contributed by atoms with Crippen LogP contribution in [0.3, 0.4) is 0 Å². The van der Waals surface area contributed by atoms with Gasteiger partial charge in [-0.25, -0.2) is 18.2 Å². The van der Waals surface area contributed by atoms with Crippen molar-refractivity contribution in [3.05, 3.63) is 15.4 Å². The van der Waals surface area contributed by atoms with Gasteiger partial charge in [0.05, 0.1) is 9.83 Å². The minimum absolute atomic E-state index is 0.120. The van der Waals surface area contributed by atoms with Gasteiger partial charge in [0.25, 0.3) is 10.0 Å². The number of halogens is 1. The Hall–Kier alpha value is -0.530. The van der Waals surface area contributed by atoms with Crippen molar-refractivity contribution in [3.63, 3.8) is 0 Å². The Kier molecular flexibility index (Phi) is 4.81. The predicted molar refractivity (Wildman–Crippen MR) is 81.3 cm³/mol. The third kappa shape index (κ3) is 3.04. The first kappa shape index (κ1) is 15.9. The molecule has 2 heterocycles. The van der Waals surface area contributed by atoms with Crippen LogP contribution in [0.4, 0.5) is 0 Å². The summed E-state index contributed by atoms with van der Waals surface area (Å²) in [5, 5.41) is 0. The van der Waals surface area contributed by atoms with Crippen LogP contribution in [0.1, 0.15) is 25.3 Å². The summed E-state index contributed by atoms with van der Waals surface area (Å²) in [5.74, 6) is 0. The fourth-order valence-electron chi connectivity index (χ4n) is 2.35. The number of carbonyl (C=O) groups excluding carboxylic acids is 1. The molecule has 8 heteroatoms. The first-order chi connectivity index (χ1) is 9.36. The fourth-order valence-corrected chi connectivity index (χ4v) is 6.36. The van der Waals surface area contributed by atoms with Crippen LogP contribution < -0.4 is 0 Å². The van der Waals surface area contributed by atoms with Gasteiger partial charge in [-0.05, 0) is 54.2 Å². The molecule has 2 unspecified atom stereocenters. The topological polar surface area (TPSA) is 66.8 Å². The largest absolute Gasteiger partial charge is 0.252 e. The van der Waals surface area contributed by atoms with Crippen LogP contribution in [-0.4, -0.2) is 37.4 Å². The van der Waals surface area contributed by atoms with Crippen LogP contribution >= 0.6 is 27.3 Å². The van der Waals surface area contributed by atoms with Crippen molar-refractivity contribution in [1.29, 1.82) is 0 Å². The number of thiophene rings is 1. The van der Waals surface area contributed by atoms with Crippen molar-refractivity contribution in [2.75, 3.05) is 6.54 Å². The molecule has 0 spiro atoms. The highest BCUT2D eigenvalue weighted by Crippen LogP contribution is 2.34. The second-order valence-corrected chi connectivity index (χ2v) is 9.37. The Morgan fingerprint density at radius 3 is 2.75 bits per heavy atom. The Morgan fingerprint density at radius 2 is 2.25 bits per heavy atom. The van der Waals surface area contributed by atoms with Gasteiger partial charge in [0.1, 0.15) is 4.21 Å². The Labute approximate surface area is 130 Å². The van der Waals surface area contributed by atoms with Crippen molar-refractivity contribution in [2.45, 2.75) is 43.0 Å². The highest BCUT2D eigenvalue weighted by atomic mass is 79.9. The quantitative estimate of drug-likeness (QED) is 0.599. The van der Waals surface area contributed by atoms with E-state index in [9.17, 15) is 13.2 Å². The van der Waals surface area contributed by atoms with Crippen LogP contribution in [0.2, 0.25) is 0 Å². The first-order valence-corrected chi connectivity index (χ1v) is 9.26. The SMILES string of the molecule is Cc1cc(S(=O)(=O)N2CCC(N=C=O)CC2C)sc1Br. The first-order valence-electron chi connectivity index (χ1n) is 6.21. The van der Waals surface area contributed by atoms with E-state index in [4.69, 9.17) is 0 Å². The van der Waals surface area contributed by atoms with Gasteiger partial charge in [0.15, 0.2) is 0 Å². The van der Waals surface area contributed by atoms with Crippen LogP contribution in [0.5, 0.6) is 0 Å². The monoisotopic (exact) mass is 378 g/mol. The van der Waals surface area contributed by atoms with Gasteiger partial charge in [-0.1, -0.05) is 0 Å². The van der Waals surface area contributed by atoms with E-state index < -0.39 is 10.0 Å². The predicted octanol–water partition coefficient (Wildman–Crippen LogP) is 2.70. The number of nitrogens with zero attached hydrogens (tertiary/aromatic N) is 2. The van der Waals surface area contributed by atoms with Crippen LogP contribution in [0, 0.1) is 6.92 Å². The molecular weight excluding hydrogens is 364 g/mol. The zero-order valence-corrected chi connectivity index (χ0v) is 14.4. The molecule has 0 saturated carbocycles. The highest BCUT2D eigenvalue weighted by Gasteiger charge is 2.35. The lowest BCUT2D eigenvalue weighted by Crippen LogP contribution is -2.45. The summed E-state index contributed by atoms with van der Waals surface area (Å²) in [4.78, 5) is 14.0. The van der Waals surface area contributed by atoms with Gasteiger partial charge in [0.2, 0.25) is 6.08 Å². The van der Waals surface area contributed by atoms with E-state index in [1.807, 2.05) is 13.8 Å². The van der Waals surface area contributed by atoms with Crippen LogP contribution in [0.25, 0.3) is 0 Å². The van der Waals surface area contributed by atoms with Crippen molar-refractivity contribution in [3.8, 4) is 0 Å². The lowest BCUT2D eigenvalue weighted by Gasteiger charge is -2.34. The third-order valence-electron chi connectivity index (χ3n) is 3.42. The molecule has 1 aromatic heterocycles. The zero-order chi connectivity index (χ0) is 14.9. The molecule has 2 rings (SSSR count). The van der Waals surface area contributed by atoms with E-state index in [1.165, 1.54) is 15.6 Å². The number of rotatable bonds is 3. The number of sulfonamides is 1. The smallest absolute Gasteiger partial charge is 0.211 e. The van der Waals surface area contributed by atoms with E-state index in [-0.39, 0.29) is 12.1 Å². The second kappa shape index (κ2) is 6.07. The van der Waals surface area contributed by atoms with Gasteiger partial charge < -0.3 is 0 Å². The standard InChI is InChI=1S/C12H15BrN2O3S2/c1-8-5-11(19-12(8)13)20(17,18)15-4-3-10(14-7-16)6-9(15)2/h5,9-10H,3-4,6H2,1-2H3. The van der Waals surface area contributed by atoms with Crippen molar-refractivity contribution < 1.29 is 13.2 Å². The lowest BCUT2D eigenvalue weighted by atomic mass is 10.0. The number of hydrogen-bond acceptors (Lipinski definition) is 5. The molecule has 0 radical (unpaired) electrons. The molecule has 0 aliphatic carbocycles. The number of isocyanates is 1. The Bertz CT molecular complexity index is 630.